The molecule has 1 saturated carbocycles. The fourth-order valence-electron chi connectivity index (χ4n) is 5.08. The van der Waals surface area contributed by atoms with Crippen LogP contribution >= 0.6 is 11.6 Å². The standard InChI is InChI=1S/C25H26ClN3O3/c1-28-19-11-7-6-10-17(19)22(30)21-24(28)27-23(15-8-4-3-5-9-15)29(25(21)31)16-12-13-20(32-2)18(26)14-16/h10-15H,3-9H2,1-2H3. The molecule has 0 amide bonds. The van der Waals surface area contributed by atoms with Crippen molar-refractivity contribution < 1.29 is 4.74 Å². The monoisotopic (exact) mass is 451 g/mol. The maximum atomic E-state index is 13.9. The fourth-order valence-corrected chi connectivity index (χ4v) is 5.34. The summed E-state index contributed by atoms with van der Waals surface area (Å²) >= 11 is 6.40. The molecule has 0 atom stereocenters. The molecular weight excluding hydrogens is 426 g/mol. The average Bonchev–Trinajstić information content (AvgIpc) is 2.82. The second kappa shape index (κ2) is 8.24. The third kappa shape index (κ3) is 3.28. The molecule has 0 saturated heterocycles. The highest BCUT2D eigenvalue weighted by atomic mass is 35.5. The second-order valence-electron chi connectivity index (χ2n) is 8.64. The molecule has 0 N–H and O–H groups in total. The van der Waals surface area contributed by atoms with Crippen molar-refractivity contribution in [1.82, 2.24) is 14.1 Å². The van der Waals surface area contributed by atoms with Crippen LogP contribution in [-0.2, 0) is 7.05 Å². The fraction of sp³-hybridized carbons (Fsp3) is 0.400. The molecule has 0 aliphatic heterocycles. The Balaban J connectivity index is 1.91. The number of hydrogen-bond donors (Lipinski definition) is 0. The number of pyridine rings is 1. The Morgan fingerprint density at radius 1 is 1.09 bits per heavy atom. The zero-order valence-corrected chi connectivity index (χ0v) is 19.1. The topological polar surface area (TPSA) is 66.1 Å². The van der Waals surface area contributed by atoms with E-state index in [1.54, 1.807) is 29.9 Å². The Hall–Kier alpha value is -2.86. The molecule has 1 aromatic carbocycles. The molecule has 0 bridgehead atoms. The first-order valence-corrected chi connectivity index (χ1v) is 11.6. The summed E-state index contributed by atoms with van der Waals surface area (Å²) in [6.07, 6.45) is 11.0. The van der Waals surface area contributed by atoms with Crippen LogP contribution in [0.2, 0.25) is 5.02 Å². The number of benzene rings is 1. The zero-order valence-electron chi connectivity index (χ0n) is 18.4. The number of nitrogens with zero attached hydrogens (tertiary/aromatic N) is 3. The minimum Gasteiger partial charge on any atom is -0.495 e. The van der Waals surface area contributed by atoms with Gasteiger partial charge in [0.25, 0.3) is 5.56 Å². The van der Waals surface area contributed by atoms with Crippen molar-refractivity contribution in [2.45, 2.75) is 50.9 Å². The van der Waals surface area contributed by atoms with E-state index in [1.165, 1.54) is 6.42 Å². The molecule has 0 spiro atoms. The van der Waals surface area contributed by atoms with Crippen molar-refractivity contribution in [1.29, 1.82) is 0 Å². The summed E-state index contributed by atoms with van der Waals surface area (Å²) in [5, 5.41) is 1.98. The van der Waals surface area contributed by atoms with Gasteiger partial charge in [0.05, 0.1) is 17.8 Å². The molecule has 0 radical (unpaired) electrons. The van der Waals surface area contributed by atoms with Gasteiger partial charge < -0.3 is 9.30 Å². The number of methoxy groups -OCH3 is 1. The third-order valence-corrected chi connectivity index (χ3v) is 7.03. The van der Waals surface area contributed by atoms with Gasteiger partial charge in [-0.2, -0.15) is 0 Å². The van der Waals surface area contributed by atoms with Gasteiger partial charge in [0, 0.05) is 23.5 Å². The molecule has 7 heteroatoms. The number of aryl methyl sites for hydroxylation is 1. The average molecular weight is 452 g/mol. The van der Waals surface area contributed by atoms with Crippen LogP contribution < -0.4 is 26.3 Å². The van der Waals surface area contributed by atoms with Gasteiger partial charge in [-0.25, -0.2) is 4.98 Å². The smallest absolute Gasteiger partial charge is 0.271 e. The number of rotatable bonds is 3. The summed E-state index contributed by atoms with van der Waals surface area (Å²) in [7, 11) is 3.44. The van der Waals surface area contributed by atoms with Gasteiger partial charge in [0.15, 0.2) is 5.65 Å². The zero-order chi connectivity index (χ0) is 22.4. The third-order valence-electron chi connectivity index (χ3n) is 6.73. The molecule has 2 aromatic heterocycles. The van der Waals surface area contributed by atoms with Gasteiger partial charge in [-0.3, -0.25) is 14.2 Å². The van der Waals surface area contributed by atoms with Gasteiger partial charge in [-0.1, -0.05) is 43.0 Å². The first-order valence-electron chi connectivity index (χ1n) is 11.2. The lowest BCUT2D eigenvalue weighted by Crippen LogP contribution is -2.48. The SMILES string of the molecule is COc1ccc(-n2c(C3CCCCC3)nc3c(c(=O)c4c(n3C)=CCCC=4)c2=O)cc1Cl. The van der Waals surface area contributed by atoms with Gasteiger partial charge in [0.2, 0.25) is 5.43 Å². The minimum atomic E-state index is -0.334. The normalized spacial score (nSPS) is 16.3. The van der Waals surface area contributed by atoms with Gasteiger partial charge >= 0.3 is 0 Å². The van der Waals surface area contributed by atoms with Crippen molar-refractivity contribution in [2.75, 3.05) is 7.11 Å². The van der Waals surface area contributed by atoms with E-state index in [0.29, 0.717) is 33.1 Å². The lowest BCUT2D eigenvalue weighted by molar-refractivity contribution is 0.414. The molecule has 5 rings (SSSR count). The van der Waals surface area contributed by atoms with Crippen LogP contribution in [0.3, 0.4) is 0 Å². The highest BCUT2D eigenvalue weighted by Crippen LogP contribution is 2.33. The van der Waals surface area contributed by atoms with Crippen LogP contribution in [-0.4, -0.2) is 21.2 Å². The molecular formula is C25H26ClN3O3. The van der Waals surface area contributed by atoms with E-state index in [4.69, 9.17) is 21.3 Å². The van der Waals surface area contributed by atoms with Crippen LogP contribution in [0, 0.1) is 0 Å². The highest BCUT2D eigenvalue weighted by Gasteiger charge is 2.25. The van der Waals surface area contributed by atoms with Gasteiger partial charge in [0.1, 0.15) is 17.0 Å². The first kappa shape index (κ1) is 21.0. The second-order valence-corrected chi connectivity index (χ2v) is 9.04. The summed E-state index contributed by atoms with van der Waals surface area (Å²) in [5.74, 6) is 1.40. The Labute approximate surface area is 190 Å². The van der Waals surface area contributed by atoms with E-state index in [0.717, 1.165) is 43.9 Å². The Morgan fingerprint density at radius 2 is 1.84 bits per heavy atom. The Morgan fingerprint density at radius 3 is 2.56 bits per heavy atom. The molecule has 2 heterocycles. The predicted octanol–water partition coefficient (Wildman–Crippen LogP) is 3.15. The van der Waals surface area contributed by atoms with Gasteiger partial charge in [-0.05, 0) is 43.9 Å². The number of aromatic nitrogens is 3. The molecule has 32 heavy (non-hydrogen) atoms. The van der Waals surface area contributed by atoms with Crippen molar-refractivity contribution in [3.8, 4) is 11.4 Å². The van der Waals surface area contributed by atoms with E-state index in [9.17, 15) is 9.59 Å². The van der Waals surface area contributed by atoms with Crippen LogP contribution in [0.25, 0.3) is 28.9 Å². The van der Waals surface area contributed by atoms with Crippen molar-refractivity contribution >= 4 is 34.8 Å². The van der Waals surface area contributed by atoms with Crippen molar-refractivity contribution in [3.63, 3.8) is 0 Å². The quantitative estimate of drug-likeness (QED) is 0.613. The summed E-state index contributed by atoms with van der Waals surface area (Å²) in [5.41, 5.74) is 0.483. The maximum absolute atomic E-state index is 13.9. The molecule has 166 valence electrons. The molecule has 1 fully saturated rings. The summed E-state index contributed by atoms with van der Waals surface area (Å²) in [4.78, 5) is 32.3. The van der Waals surface area contributed by atoms with Crippen LogP contribution in [0.1, 0.15) is 56.7 Å². The lowest BCUT2D eigenvalue weighted by Gasteiger charge is -2.25. The van der Waals surface area contributed by atoms with Crippen LogP contribution in [0.15, 0.2) is 27.8 Å². The molecule has 6 nitrogen and oxygen atoms in total. The molecule has 2 aliphatic carbocycles. The minimum absolute atomic E-state index is 0.129. The Bertz CT molecular complexity index is 1460. The summed E-state index contributed by atoms with van der Waals surface area (Å²) in [6.45, 7) is 0. The summed E-state index contributed by atoms with van der Waals surface area (Å²) < 4.78 is 8.79. The Kier molecular flexibility index (Phi) is 5.41. The highest BCUT2D eigenvalue weighted by molar-refractivity contribution is 6.32. The van der Waals surface area contributed by atoms with E-state index in [2.05, 4.69) is 6.08 Å². The molecule has 3 aromatic rings. The number of halogens is 1. The van der Waals surface area contributed by atoms with E-state index < -0.39 is 0 Å². The number of hydrogen-bond acceptors (Lipinski definition) is 4. The molecule has 0 unspecified atom stereocenters. The molecule has 2 aliphatic rings. The van der Waals surface area contributed by atoms with Crippen LogP contribution in [0.4, 0.5) is 0 Å². The summed E-state index contributed by atoms with van der Waals surface area (Å²) in [6, 6.07) is 5.26. The number of ether oxygens (including phenoxy) is 1. The maximum Gasteiger partial charge on any atom is 0.271 e. The van der Waals surface area contributed by atoms with Gasteiger partial charge in [-0.15, -0.1) is 0 Å². The van der Waals surface area contributed by atoms with E-state index >= 15 is 0 Å². The lowest BCUT2D eigenvalue weighted by atomic mass is 9.88. The van der Waals surface area contributed by atoms with Crippen molar-refractivity contribution in [2.24, 2.45) is 7.05 Å². The van der Waals surface area contributed by atoms with Crippen molar-refractivity contribution in [3.05, 3.63) is 60.2 Å². The van der Waals surface area contributed by atoms with Crippen LogP contribution in [0.5, 0.6) is 5.75 Å². The predicted molar refractivity (Wildman–Crippen MR) is 127 cm³/mol. The van der Waals surface area contributed by atoms with E-state index in [1.807, 2.05) is 17.7 Å². The number of fused-ring (bicyclic) bond motifs is 2. The first-order chi connectivity index (χ1) is 15.5. The van der Waals surface area contributed by atoms with E-state index in [-0.39, 0.29) is 22.3 Å². The largest absolute Gasteiger partial charge is 0.495 e.